The Morgan fingerprint density at radius 1 is 1.22 bits per heavy atom. The average molecular weight is 130 g/mol. The zero-order valence-corrected chi connectivity index (χ0v) is 4.93. The van der Waals surface area contributed by atoms with Crippen LogP contribution in [0, 0.1) is 11.8 Å². The van der Waals surface area contributed by atoms with Crippen molar-refractivity contribution < 1.29 is 8.78 Å². The van der Waals surface area contributed by atoms with Gasteiger partial charge in [0.2, 0.25) is 0 Å². The monoisotopic (exact) mass is 130 g/mol. The van der Waals surface area contributed by atoms with Gasteiger partial charge in [-0.25, -0.2) is 8.78 Å². The molecular weight excluding hydrogens is 122 g/mol. The maximum Gasteiger partial charge on any atom is 0.115 e. The maximum atomic E-state index is 12.7. The summed E-state index contributed by atoms with van der Waals surface area (Å²) in [6.45, 7) is 0. The molecule has 0 heterocycles. The number of halogens is 2. The number of hydrogen-bond acceptors (Lipinski definition) is 0. The van der Waals surface area contributed by atoms with Gasteiger partial charge in [-0.1, -0.05) is 12.2 Å². The molecule has 0 aliphatic heterocycles. The molecule has 4 atom stereocenters. The van der Waals surface area contributed by atoms with Crippen molar-refractivity contribution in [1.29, 1.82) is 0 Å². The largest absolute Gasteiger partial charge is 0.247 e. The first kappa shape index (κ1) is 5.39. The predicted molar refractivity (Wildman–Crippen MR) is 30.5 cm³/mol. The van der Waals surface area contributed by atoms with E-state index in [4.69, 9.17) is 0 Å². The zero-order valence-electron chi connectivity index (χ0n) is 4.93. The van der Waals surface area contributed by atoms with Gasteiger partial charge >= 0.3 is 0 Å². The van der Waals surface area contributed by atoms with Gasteiger partial charge in [0.25, 0.3) is 0 Å². The molecular formula is C7H8F2. The maximum absolute atomic E-state index is 12.7. The van der Waals surface area contributed by atoms with Crippen LogP contribution in [0.1, 0.15) is 6.42 Å². The molecule has 0 aromatic carbocycles. The Morgan fingerprint density at radius 2 is 2.00 bits per heavy atom. The topological polar surface area (TPSA) is 0 Å². The van der Waals surface area contributed by atoms with Crippen LogP contribution in [0.2, 0.25) is 0 Å². The molecule has 2 heteroatoms. The standard InChI is InChI=1S/C7H8F2/c8-6-3-4-1-2-5(6)7(4)9/h1-2,4-7H,3H2/t4-,5+,6-,7?/m0/s1. The Hall–Kier alpha value is -0.400. The Balaban J connectivity index is 2.26. The first-order chi connectivity index (χ1) is 4.29. The van der Waals surface area contributed by atoms with E-state index in [0.717, 1.165) is 0 Å². The van der Waals surface area contributed by atoms with E-state index in [1.54, 1.807) is 12.2 Å². The highest BCUT2D eigenvalue weighted by atomic mass is 19.1. The molecule has 0 aromatic rings. The molecule has 0 N–H and O–H groups in total. The van der Waals surface area contributed by atoms with Gasteiger partial charge in [0.15, 0.2) is 0 Å². The highest BCUT2D eigenvalue weighted by molar-refractivity contribution is 5.15. The van der Waals surface area contributed by atoms with E-state index in [2.05, 4.69) is 0 Å². The summed E-state index contributed by atoms with van der Waals surface area (Å²) in [5, 5.41) is 0. The first-order valence-electron chi connectivity index (χ1n) is 3.25. The Kier molecular flexibility index (Phi) is 0.930. The first-order valence-corrected chi connectivity index (χ1v) is 3.25. The van der Waals surface area contributed by atoms with E-state index in [-0.39, 0.29) is 5.92 Å². The van der Waals surface area contributed by atoms with Crippen LogP contribution < -0.4 is 0 Å². The van der Waals surface area contributed by atoms with E-state index in [0.29, 0.717) is 6.42 Å². The summed E-state index contributed by atoms with van der Waals surface area (Å²) in [6, 6.07) is 0. The molecule has 0 saturated heterocycles. The Bertz CT molecular complexity index is 153. The molecule has 0 aromatic heterocycles. The molecule has 0 amide bonds. The van der Waals surface area contributed by atoms with Crippen molar-refractivity contribution in [3.05, 3.63) is 12.2 Å². The Labute approximate surface area is 52.6 Å². The van der Waals surface area contributed by atoms with Gasteiger partial charge in [0.1, 0.15) is 12.3 Å². The molecule has 0 radical (unpaired) electrons. The van der Waals surface area contributed by atoms with Crippen LogP contribution in [0.25, 0.3) is 0 Å². The fourth-order valence-electron chi connectivity index (χ4n) is 1.71. The lowest BCUT2D eigenvalue weighted by atomic mass is 10.1. The molecule has 0 nitrogen and oxygen atoms in total. The lowest BCUT2D eigenvalue weighted by molar-refractivity contribution is 0.230. The van der Waals surface area contributed by atoms with Gasteiger partial charge in [-0.05, 0) is 6.42 Å². The summed E-state index contributed by atoms with van der Waals surface area (Å²) in [4.78, 5) is 0. The molecule has 0 spiro atoms. The molecule has 1 unspecified atom stereocenters. The zero-order chi connectivity index (χ0) is 6.43. The summed E-state index contributed by atoms with van der Waals surface area (Å²) >= 11 is 0. The SMILES string of the molecule is FC1[C@H]2C=C[C@@H]1[C@@H](F)C2. The smallest absolute Gasteiger partial charge is 0.115 e. The Morgan fingerprint density at radius 3 is 2.22 bits per heavy atom. The molecule has 50 valence electrons. The molecule has 2 aliphatic rings. The van der Waals surface area contributed by atoms with Gasteiger partial charge in [-0.3, -0.25) is 0 Å². The van der Waals surface area contributed by atoms with Gasteiger partial charge in [-0.2, -0.15) is 0 Å². The predicted octanol–water partition coefficient (Wildman–Crippen LogP) is 1.87. The minimum atomic E-state index is -0.917. The molecule has 2 bridgehead atoms. The van der Waals surface area contributed by atoms with E-state index in [1.165, 1.54) is 0 Å². The van der Waals surface area contributed by atoms with Crippen molar-refractivity contribution in [3.63, 3.8) is 0 Å². The molecule has 1 saturated carbocycles. The number of alkyl halides is 2. The fourth-order valence-corrected chi connectivity index (χ4v) is 1.71. The van der Waals surface area contributed by atoms with Crippen molar-refractivity contribution in [2.45, 2.75) is 18.8 Å². The van der Waals surface area contributed by atoms with Crippen LogP contribution in [-0.2, 0) is 0 Å². The molecule has 2 aliphatic carbocycles. The van der Waals surface area contributed by atoms with E-state index in [9.17, 15) is 8.78 Å². The van der Waals surface area contributed by atoms with Crippen molar-refractivity contribution in [2.24, 2.45) is 11.8 Å². The van der Waals surface area contributed by atoms with Gasteiger partial charge in [0, 0.05) is 11.8 Å². The third kappa shape index (κ3) is 0.562. The second-order valence-corrected chi connectivity index (χ2v) is 2.82. The summed E-state index contributed by atoms with van der Waals surface area (Å²) in [6.07, 6.45) is 2.05. The number of allylic oxidation sites excluding steroid dienone is 2. The van der Waals surface area contributed by atoms with Crippen LogP contribution in [0.4, 0.5) is 8.78 Å². The van der Waals surface area contributed by atoms with Crippen LogP contribution in [-0.4, -0.2) is 12.3 Å². The van der Waals surface area contributed by atoms with Crippen molar-refractivity contribution in [2.75, 3.05) is 0 Å². The second kappa shape index (κ2) is 1.55. The highest BCUT2D eigenvalue weighted by Crippen LogP contribution is 2.42. The van der Waals surface area contributed by atoms with Gasteiger partial charge in [0.05, 0.1) is 0 Å². The van der Waals surface area contributed by atoms with Gasteiger partial charge < -0.3 is 0 Å². The number of rotatable bonds is 0. The summed E-state index contributed by atoms with van der Waals surface area (Å²) in [5.74, 6) is -0.514. The van der Waals surface area contributed by atoms with Crippen LogP contribution in [0.15, 0.2) is 12.2 Å². The third-order valence-electron chi connectivity index (χ3n) is 2.27. The van der Waals surface area contributed by atoms with Crippen molar-refractivity contribution in [3.8, 4) is 0 Å². The highest BCUT2D eigenvalue weighted by Gasteiger charge is 2.45. The van der Waals surface area contributed by atoms with E-state index >= 15 is 0 Å². The summed E-state index contributed by atoms with van der Waals surface area (Å²) < 4.78 is 25.3. The fraction of sp³-hybridized carbons (Fsp3) is 0.714. The van der Waals surface area contributed by atoms with Crippen molar-refractivity contribution >= 4 is 0 Å². The van der Waals surface area contributed by atoms with Crippen molar-refractivity contribution in [1.82, 2.24) is 0 Å². The second-order valence-electron chi connectivity index (χ2n) is 2.82. The van der Waals surface area contributed by atoms with Gasteiger partial charge in [-0.15, -0.1) is 0 Å². The average Bonchev–Trinajstić information content (AvgIpc) is 2.25. The van der Waals surface area contributed by atoms with Crippen LogP contribution in [0.3, 0.4) is 0 Å². The molecule has 2 rings (SSSR count). The van der Waals surface area contributed by atoms with E-state index < -0.39 is 18.3 Å². The molecule has 9 heavy (non-hydrogen) atoms. The molecule has 1 fully saturated rings. The van der Waals surface area contributed by atoms with Crippen LogP contribution >= 0.6 is 0 Å². The number of hydrogen-bond donors (Lipinski definition) is 0. The summed E-state index contributed by atoms with van der Waals surface area (Å²) in [7, 11) is 0. The lowest BCUT2D eigenvalue weighted by Crippen LogP contribution is -2.11. The van der Waals surface area contributed by atoms with Crippen LogP contribution in [0.5, 0.6) is 0 Å². The minimum absolute atomic E-state index is 0.106. The normalized spacial score (nSPS) is 54.9. The quantitative estimate of drug-likeness (QED) is 0.439. The van der Waals surface area contributed by atoms with E-state index in [1.807, 2.05) is 0 Å². The minimum Gasteiger partial charge on any atom is -0.247 e. The summed E-state index contributed by atoms with van der Waals surface area (Å²) in [5.41, 5.74) is 0. The lowest BCUT2D eigenvalue weighted by Gasteiger charge is -2.05. The third-order valence-corrected chi connectivity index (χ3v) is 2.27. The number of fused-ring (bicyclic) bond motifs is 2.